The van der Waals surface area contributed by atoms with Gasteiger partial charge in [0, 0.05) is 0 Å². The van der Waals surface area contributed by atoms with Crippen LogP contribution in [0.3, 0.4) is 0 Å². The Morgan fingerprint density at radius 1 is 1.38 bits per heavy atom. The Bertz CT molecular complexity index is 767. The molecular weight excluding hydrogens is 352 g/mol. The lowest BCUT2D eigenvalue weighted by Crippen LogP contribution is -2.71. The lowest BCUT2D eigenvalue weighted by molar-refractivity contribution is -0.154. The van der Waals surface area contributed by atoms with E-state index in [0.29, 0.717) is 10.7 Å². The average Bonchev–Trinajstić information content (AvgIpc) is 2.87. The van der Waals surface area contributed by atoms with Crippen LogP contribution in [0.15, 0.2) is 24.3 Å². The fourth-order valence-corrected chi connectivity index (χ4v) is 3.30. The number of rotatable bonds is 2. The Hall–Kier alpha value is -2.03. The summed E-state index contributed by atoms with van der Waals surface area (Å²) in [5.41, 5.74) is -0.659. The highest BCUT2D eigenvalue weighted by atomic mass is 35.5. The molecule has 0 aliphatic carbocycles. The first-order valence-electron chi connectivity index (χ1n) is 7.26. The summed E-state index contributed by atoms with van der Waals surface area (Å²) in [4.78, 5) is 37.2. The van der Waals surface area contributed by atoms with Crippen molar-refractivity contribution in [2.75, 3.05) is 5.32 Å². The van der Waals surface area contributed by atoms with Gasteiger partial charge in [-0.05, 0) is 38.2 Å². The van der Waals surface area contributed by atoms with Crippen molar-refractivity contribution in [1.29, 1.82) is 0 Å². The summed E-state index contributed by atoms with van der Waals surface area (Å²) in [6.07, 6.45) is -0.0746. The molecule has 2 fully saturated rings. The number of nitrogens with zero attached hydrogens (tertiary/aromatic N) is 2. The molecule has 0 spiro atoms. The standard InChI is InChI=1S/C15H15ClN4O3S/c1-15(2)13(23)18-14(24)19-11(21)7-10(20(15)19)12(22)17-9-6-4-3-5-8(9)16/h3-6,10H,7H2,1-2H3,(H,17,22)(H,18,23,24). The van der Waals surface area contributed by atoms with E-state index in [2.05, 4.69) is 10.6 Å². The predicted octanol–water partition coefficient (Wildman–Crippen LogP) is 1.29. The quantitative estimate of drug-likeness (QED) is 0.771. The first-order chi connectivity index (χ1) is 11.2. The van der Waals surface area contributed by atoms with Crippen molar-refractivity contribution in [1.82, 2.24) is 15.3 Å². The number of para-hydroxylation sites is 1. The van der Waals surface area contributed by atoms with Gasteiger partial charge in [-0.2, -0.15) is 5.01 Å². The third-order valence-corrected chi connectivity index (χ3v) is 4.70. The molecule has 0 bridgehead atoms. The van der Waals surface area contributed by atoms with E-state index in [9.17, 15) is 14.4 Å². The van der Waals surface area contributed by atoms with E-state index in [1.807, 2.05) is 0 Å². The monoisotopic (exact) mass is 366 g/mol. The summed E-state index contributed by atoms with van der Waals surface area (Å²) in [7, 11) is 0. The van der Waals surface area contributed by atoms with E-state index in [0.717, 1.165) is 0 Å². The summed E-state index contributed by atoms with van der Waals surface area (Å²) >= 11 is 11.1. The molecule has 24 heavy (non-hydrogen) atoms. The number of hydrazine groups is 1. The second kappa shape index (κ2) is 5.80. The molecule has 2 heterocycles. The molecule has 9 heteroatoms. The van der Waals surface area contributed by atoms with Crippen LogP contribution in [0, 0.1) is 0 Å². The van der Waals surface area contributed by atoms with Gasteiger partial charge in [-0.1, -0.05) is 23.7 Å². The molecule has 1 atom stereocenters. The van der Waals surface area contributed by atoms with Crippen molar-refractivity contribution in [3.8, 4) is 0 Å². The molecule has 1 unspecified atom stereocenters. The molecule has 126 valence electrons. The van der Waals surface area contributed by atoms with Gasteiger partial charge in [-0.15, -0.1) is 0 Å². The molecule has 0 aromatic heterocycles. The van der Waals surface area contributed by atoms with Gasteiger partial charge in [0.15, 0.2) is 5.11 Å². The highest BCUT2D eigenvalue weighted by molar-refractivity contribution is 7.80. The summed E-state index contributed by atoms with van der Waals surface area (Å²) in [6.45, 7) is 3.26. The lowest BCUT2D eigenvalue weighted by Gasteiger charge is -2.45. The summed E-state index contributed by atoms with van der Waals surface area (Å²) in [5, 5.41) is 8.19. The van der Waals surface area contributed by atoms with Crippen LogP contribution in [-0.2, 0) is 14.4 Å². The Kier molecular flexibility index (Phi) is 4.06. The largest absolute Gasteiger partial charge is 0.323 e. The Morgan fingerprint density at radius 2 is 2.04 bits per heavy atom. The van der Waals surface area contributed by atoms with Crippen molar-refractivity contribution < 1.29 is 14.4 Å². The number of amides is 3. The second-order valence-corrected chi connectivity index (χ2v) is 6.85. The minimum absolute atomic E-state index is 0.0163. The van der Waals surface area contributed by atoms with Crippen LogP contribution in [-0.4, -0.2) is 44.4 Å². The van der Waals surface area contributed by atoms with Crippen LogP contribution in [0.1, 0.15) is 20.3 Å². The number of thiocarbonyl (C=S) groups is 1. The van der Waals surface area contributed by atoms with Gasteiger partial charge in [0.05, 0.1) is 17.1 Å². The maximum absolute atomic E-state index is 12.7. The molecule has 1 aromatic carbocycles. The Balaban J connectivity index is 1.92. The maximum Gasteiger partial charge on any atom is 0.248 e. The van der Waals surface area contributed by atoms with E-state index in [1.165, 1.54) is 10.0 Å². The first kappa shape index (κ1) is 16.8. The molecule has 3 amide bonds. The Labute approximate surface area is 148 Å². The number of fused-ring (bicyclic) bond motifs is 1. The molecule has 2 N–H and O–H groups in total. The highest BCUT2D eigenvalue weighted by Crippen LogP contribution is 2.33. The molecule has 3 rings (SSSR count). The van der Waals surface area contributed by atoms with Crippen LogP contribution in [0.5, 0.6) is 0 Å². The number of hydrogen-bond acceptors (Lipinski definition) is 5. The molecule has 2 aliphatic heterocycles. The van der Waals surface area contributed by atoms with Crippen molar-refractivity contribution in [3.05, 3.63) is 29.3 Å². The summed E-state index contributed by atoms with van der Waals surface area (Å²) < 4.78 is 0. The normalized spacial score (nSPS) is 23.0. The maximum atomic E-state index is 12.7. The number of anilines is 1. The number of carbonyl (C=O) groups is 3. The smallest absolute Gasteiger partial charge is 0.248 e. The minimum atomic E-state index is -1.10. The van der Waals surface area contributed by atoms with Gasteiger partial charge in [0.25, 0.3) is 0 Å². The summed E-state index contributed by atoms with van der Waals surface area (Å²) in [5.74, 6) is -1.13. The SMILES string of the molecule is CC1(C)C(=O)NC(=S)N2C(=O)CC(C(=O)Nc3ccccc3Cl)N21. The predicted molar refractivity (Wildman–Crippen MR) is 92.0 cm³/mol. The zero-order chi connectivity index (χ0) is 17.6. The highest BCUT2D eigenvalue weighted by Gasteiger charge is 2.56. The van der Waals surface area contributed by atoms with E-state index in [-0.39, 0.29) is 23.3 Å². The van der Waals surface area contributed by atoms with E-state index in [4.69, 9.17) is 23.8 Å². The topological polar surface area (TPSA) is 81.8 Å². The van der Waals surface area contributed by atoms with Gasteiger partial charge in [-0.3, -0.25) is 19.7 Å². The van der Waals surface area contributed by atoms with Crippen molar-refractivity contribution in [3.63, 3.8) is 0 Å². The van der Waals surface area contributed by atoms with E-state index in [1.54, 1.807) is 38.1 Å². The van der Waals surface area contributed by atoms with Crippen LogP contribution < -0.4 is 10.6 Å². The number of carbonyl (C=O) groups excluding carboxylic acids is 3. The van der Waals surface area contributed by atoms with Crippen LogP contribution >= 0.6 is 23.8 Å². The number of nitrogens with one attached hydrogen (secondary N) is 2. The molecule has 2 saturated heterocycles. The zero-order valence-corrected chi connectivity index (χ0v) is 14.6. The fourth-order valence-electron chi connectivity index (χ4n) is 2.84. The van der Waals surface area contributed by atoms with E-state index >= 15 is 0 Å². The summed E-state index contributed by atoms with van der Waals surface area (Å²) in [6, 6.07) is 5.94. The van der Waals surface area contributed by atoms with Crippen molar-refractivity contribution in [2.45, 2.75) is 31.8 Å². The molecule has 1 aromatic rings. The number of halogens is 1. The molecular formula is C15H15ClN4O3S. The average molecular weight is 367 g/mol. The van der Waals surface area contributed by atoms with Gasteiger partial charge >= 0.3 is 0 Å². The van der Waals surface area contributed by atoms with Crippen LogP contribution in [0.2, 0.25) is 5.02 Å². The van der Waals surface area contributed by atoms with Crippen LogP contribution in [0.4, 0.5) is 5.69 Å². The molecule has 7 nitrogen and oxygen atoms in total. The first-order valence-corrected chi connectivity index (χ1v) is 8.05. The minimum Gasteiger partial charge on any atom is -0.323 e. The van der Waals surface area contributed by atoms with Gasteiger partial charge in [0.1, 0.15) is 11.6 Å². The Morgan fingerprint density at radius 3 is 2.71 bits per heavy atom. The van der Waals surface area contributed by atoms with E-state index < -0.39 is 17.5 Å². The number of benzene rings is 1. The van der Waals surface area contributed by atoms with Crippen molar-refractivity contribution in [2.24, 2.45) is 0 Å². The van der Waals surface area contributed by atoms with Gasteiger partial charge in [-0.25, -0.2) is 5.01 Å². The third kappa shape index (κ3) is 2.56. The van der Waals surface area contributed by atoms with Crippen LogP contribution in [0.25, 0.3) is 0 Å². The van der Waals surface area contributed by atoms with Crippen molar-refractivity contribution >= 4 is 52.3 Å². The number of hydrogen-bond donors (Lipinski definition) is 2. The van der Waals surface area contributed by atoms with Gasteiger partial charge < -0.3 is 5.32 Å². The fraction of sp³-hybridized carbons (Fsp3) is 0.333. The van der Waals surface area contributed by atoms with Gasteiger partial charge in [0.2, 0.25) is 17.7 Å². The zero-order valence-electron chi connectivity index (χ0n) is 13.0. The lowest BCUT2D eigenvalue weighted by atomic mass is 10.00. The molecule has 0 saturated carbocycles. The third-order valence-electron chi connectivity index (χ3n) is 4.09. The molecule has 2 aliphatic rings. The second-order valence-electron chi connectivity index (χ2n) is 6.06. The molecule has 0 radical (unpaired) electrons.